The number of fused-ring (bicyclic) bond motifs is 7. The first-order valence-corrected chi connectivity index (χ1v) is 16.2. The summed E-state index contributed by atoms with van der Waals surface area (Å²) in [6.45, 7) is 12.3. The van der Waals surface area contributed by atoms with Gasteiger partial charge in [-0.2, -0.15) is 0 Å². The molecule has 0 unspecified atom stereocenters. The predicted molar refractivity (Wildman–Crippen MR) is 143 cm³/mol. The molecule has 0 radical (unpaired) electrons. The van der Waals surface area contributed by atoms with Gasteiger partial charge in [-0.3, -0.25) is 4.79 Å². The first-order chi connectivity index (χ1) is 16.5. The van der Waals surface area contributed by atoms with Crippen LogP contribution >= 0.6 is 31.9 Å². The van der Waals surface area contributed by atoms with Gasteiger partial charge in [-0.1, -0.05) is 59.6 Å². The van der Waals surface area contributed by atoms with Crippen molar-refractivity contribution in [2.24, 2.45) is 52.3 Å². The van der Waals surface area contributed by atoms with Crippen LogP contribution in [0, 0.1) is 52.3 Å². The molecule has 1 spiro atoms. The van der Waals surface area contributed by atoms with Crippen LogP contribution in [0.25, 0.3) is 0 Å². The van der Waals surface area contributed by atoms with E-state index >= 15 is 0 Å². The van der Waals surface area contributed by atoms with Gasteiger partial charge in [-0.25, -0.2) is 0 Å². The summed E-state index contributed by atoms with van der Waals surface area (Å²) >= 11 is 7.95. The Morgan fingerprint density at radius 3 is 2.49 bits per heavy atom. The molecule has 0 aromatic rings. The van der Waals surface area contributed by atoms with E-state index in [1.54, 1.807) is 6.92 Å². The maximum Gasteiger partial charge on any atom is 0.302 e. The molecule has 4 aliphatic carbocycles. The molecule has 2 aliphatic heterocycles. The van der Waals surface area contributed by atoms with Crippen LogP contribution in [-0.4, -0.2) is 40.2 Å². The number of alkyl halides is 2. The molecule has 4 nitrogen and oxygen atoms in total. The summed E-state index contributed by atoms with van der Waals surface area (Å²) in [6.07, 6.45) is 10.3. The SMILES string of the molecule is CC(=O)O[C@@H]1CC[C@@]2(C)[C@H](CC[C@@H]3[C@@H]2CC[C@]2(C)[C@@H]4[C@H](C[C@@H]32)O[C@@]2(OC[C@H](C)[C@]2(Br)CBr)[C@H]4C)C1. The molecule has 6 aliphatic rings. The Kier molecular flexibility index (Phi) is 6.16. The third kappa shape index (κ3) is 3.30. The van der Waals surface area contributed by atoms with Gasteiger partial charge in [0.1, 0.15) is 6.10 Å². The molecule has 0 N–H and O–H groups in total. The summed E-state index contributed by atoms with van der Waals surface area (Å²) in [7, 11) is 0. The molecule has 0 amide bonds. The summed E-state index contributed by atoms with van der Waals surface area (Å²) < 4.78 is 19.2. The van der Waals surface area contributed by atoms with Crippen LogP contribution in [0.4, 0.5) is 0 Å². The lowest BCUT2D eigenvalue weighted by Gasteiger charge is -2.61. The van der Waals surface area contributed by atoms with Crippen molar-refractivity contribution in [3.8, 4) is 0 Å². The number of rotatable bonds is 2. The van der Waals surface area contributed by atoms with Gasteiger partial charge in [0, 0.05) is 24.1 Å². The van der Waals surface area contributed by atoms with E-state index in [2.05, 4.69) is 59.6 Å². The molecule has 6 heteroatoms. The smallest absolute Gasteiger partial charge is 0.302 e. The van der Waals surface area contributed by atoms with Crippen molar-refractivity contribution in [3.63, 3.8) is 0 Å². The summed E-state index contributed by atoms with van der Waals surface area (Å²) in [5.41, 5.74) is 0.736. The maximum atomic E-state index is 11.6. The zero-order valence-corrected chi connectivity index (χ0v) is 25.3. The minimum atomic E-state index is -0.519. The van der Waals surface area contributed by atoms with Crippen LogP contribution in [0.1, 0.15) is 86.0 Å². The van der Waals surface area contributed by atoms with Gasteiger partial charge in [-0.05, 0) is 91.8 Å². The second-order valence-electron chi connectivity index (χ2n) is 13.8. The minimum absolute atomic E-state index is 0.113. The summed E-state index contributed by atoms with van der Waals surface area (Å²) in [6, 6.07) is 0. The molecule has 6 fully saturated rings. The zero-order valence-electron chi connectivity index (χ0n) is 22.2. The first-order valence-electron chi connectivity index (χ1n) is 14.2. The molecule has 35 heavy (non-hydrogen) atoms. The summed E-state index contributed by atoms with van der Waals surface area (Å²) in [5, 5.41) is 0.851. The number of esters is 1. The number of carbonyl (C=O) groups excluding carboxylic acids is 1. The third-order valence-corrected chi connectivity index (χ3v) is 15.9. The average molecular weight is 616 g/mol. The van der Waals surface area contributed by atoms with E-state index in [1.807, 2.05) is 0 Å². The monoisotopic (exact) mass is 614 g/mol. The van der Waals surface area contributed by atoms with Crippen LogP contribution in [0.3, 0.4) is 0 Å². The Morgan fingerprint density at radius 2 is 1.77 bits per heavy atom. The van der Waals surface area contributed by atoms with Gasteiger partial charge >= 0.3 is 5.97 Å². The molecule has 13 atom stereocenters. The minimum Gasteiger partial charge on any atom is -0.463 e. The molecule has 6 rings (SSSR count). The van der Waals surface area contributed by atoms with E-state index in [1.165, 1.54) is 38.5 Å². The molecule has 0 aromatic heterocycles. The molecular formula is C29H44Br2O4. The molecular weight excluding hydrogens is 572 g/mol. The highest BCUT2D eigenvalue weighted by molar-refractivity contribution is 9.12. The second kappa shape index (κ2) is 8.42. The fourth-order valence-corrected chi connectivity index (χ4v) is 12.5. The third-order valence-electron chi connectivity index (χ3n) is 12.6. The van der Waals surface area contributed by atoms with Gasteiger partial charge in [-0.15, -0.1) is 0 Å². The quantitative estimate of drug-likeness (QED) is 0.245. The Morgan fingerprint density at radius 1 is 1.03 bits per heavy atom. The molecule has 198 valence electrons. The van der Waals surface area contributed by atoms with Gasteiger partial charge in [0.15, 0.2) is 5.79 Å². The first kappa shape index (κ1) is 25.6. The van der Waals surface area contributed by atoms with Crippen molar-refractivity contribution in [2.45, 2.75) is 108 Å². The van der Waals surface area contributed by atoms with Crippen molar-refractivity contribution < 1.29 is 19.0 Å². The molecule has 4 saturated carbocycles. The summed E-state index contributed by atoms with van der Waals surface area (Å²) in [5.74, 6) is 3.81. The molecule has 2 heterocycles. The maximum absolute atomic E-state index is 11.6. The summed E-state index contributed by atoms with van der Waals surface area (Å²) in [4.78, 5) is 11.6. The fourth-order valence-electron chi connectivity index (χ4n) is 10.9. The number of hydrogen-bond acceptors (Lipinski definition) is 4. The Balaban J connectivity index is 1.24. The molecule has 2 saturated heterocycles. The van der Waals surface area contributed by atoms with Gasteiger partial charge < -0.3 is 14.2 Å². The largest absolute Gasteiger partial charge is 0.463 e. The lowest BCUT2D eigenvalue weighted by atomic mass is 9.44. The van der Waals surface area contributed by atoms with E-state index in [-0.39, 0.29) is 16.4 Å². The normalized spacial score (nSPS) is 59.0. The van der Waals surface area contributed by atoms with E-state index in [9.17, 15) is 4.79 Å². The van der Waals surface area contributed by atoms with Crippen LogP contribution in [-0.2, 0) is 19.0 Å². The highest BCUT2D eigenvalue weighted by Gasteiger charge is 2.74. The topological polar surface area (TPSA) is 44.8 Å². The lowest BCUT2D eigenvalue weighted by molar-refractivity contribution is -0.230. The number of hydrogen-bond donors (Lipinski definition) is 0. The zero-order chi connectivity index (χ0) is 25.0. The Hall–Kier alpha value is 0.350. The Bertz CT molecular complexity index is 883. The van der Waals surface area contributed by atoms with Crippen molar-refractivity contribution in [3.05, 3.63) is 0 Å². The Labute approximate surface area is 228 Å². The van der Waals surface area contributed by atoms with E-state index in [4.69, 9.17) is 14.2 Å². The van der Waals surface area contributed by atoms with Crippen LogP contribution in [0.2, 0.25) is 0 Å². The van der Waals surface area contributed by atoms with Crippen LogP contribution < -0.4 is 0 Å². The predicted octanol–water partition coefficient (Wildman–Crippen LogP) is 7.11. The van der Waals surface area contributed by atoms with E-state index in [0.717, 1.165) is 42.5 Å². The van der Waals surface area contributed by atoms with Crippen molar-refractivity contribution in [1.29, 1.82) is 0 Å². The van der Waals surface area contributed by atoms with Crippen molar-refractivity contribution in [2.75, 3.05) is 11.9 Å². The standard InChI is InChI=1S/C29H44Br2O4/c1-16-14-33-29(28(16,31)15-30)17(2)25-24(35-29)13-23-21-7-6-19-12-20(34-18(3)32)8-10-26(19,4)22(21)9-11-27(23,25)5/h16-17,19-25H,6-15H2,1-5H3/t16-,17-,19+,20+,21+,22-,23-,24-,25-,26-,27-,28+,29-/m0/s1. The van der Waals surface area contributed by atoms with Gasteiger partial charge in [0.2, 0.25) is 0 Å². The highest BCUT2D eigenvalue weighted by atomic mass is 79.9. The molecule has 0 bridgehead atoms. The van der Waals surface area contributed by atoms with E-state index < -0.39 is 5.79 Å². The van der Waals surface area contributed by atoms with Crippen LogP contribution in [0.5, 0.6) is 0 Å². The van der Waals surface area contributed by atoms with Crippen LogP contribution in [0.15, 0.2) is 0 Å². The van der Waals surface area contributed by atoms with Gasteiger partial charge in [0.25, 0.3) is 0 Å². The number of ether oxygens (including phenoxy) is 3. The molecule has 0 aromatic carbocycles. The fraction of sp³-hybridized carbons (Fsp3) is 0.966. The second-order valence-corrected chi connectivity index (χ2v) is 15.8. The number of halogens is 2. The van der Waals surface area contributed by atoms with Crippen molar-refractivity contribution >= 4 is 37.8 Å². The van der Waals surface area contributed by atoms with E-state index in [0.29, 0.717) is 40.6 Å². The van der Waals surface area contributed by atoms with Gasteiger partial charge in [0.05, 0.1) is 17.0 Å². The number of carbonyl (C=O) groups is 1. The highest BCUT2D eigenvalue weighted by Crippen LogP contribution is 2.73. The average Bonchev–Trinajstić information content (AvgIpc) is 3.37. The lowest BCUT2D eigenvalue weighted by Crippen LogP contribution is -2.57. The van der Waals surface area contributed by atoms with Crippen molar-refractivity contribution in [1.82, 2.24) is 0 Å².